The van der Waals surface area contributed by atoms with Crippen LogP contribution < -0.4 is 0 Å². The first-order chi connectivity index (χ1) is 6.18. The molecule has 0 bridgehead atoms. The topological polar surface area (TPSA) is 36.1 Å². The van der Waals surface area contributed by atoms with Crippen molar-refractivity contribution in [3.8, 4) is 0 Å². The van der Waals surface area contributed by atoms with Crippen LogP contribution in [0.1, 0.15) is 19.0 Å². The van der Waals surface area contributed by atoms with E-state index < -0.39 is 0 Å². The molecule has 1 aromatic rings. The molecule has 0 saturated carbocycles. The van der Waals surface area contributed by atoms with Crippen LogP contribution in [-0.4, -0.2) is 29.3 Å². The number of hydrogen-bond acceptors (Lipinski definition) is 2. The first kappa shape index (κ1) is 9.99. The number of aromatic amines is 1. The standard InChI is InChI=1S/C10H16N2O/c1-9(13)5-7-12(2)8-10-4-3-6-11-10/h3-4,6,11H,5,7-8H2,1-2H3. The zero-order valence-corrected chi connectivity index (χ0v) is 8.21. The Morgan fingerprint density at radius 2 is 2.38 bits per heavy atom. The predicted molar refractivity (Wildman–Crippen MR) is 52.4 cm³/mol. The monoisotopic (exact) mass is 180 g/mol. The van der Waals surface area contributed by atoms with Crippen molar-refractivity contribution in [3.05, 3.63) is 24.0 Å². The summed E-state index contributed by atoms with van der Waals surface area (Å²) in [5, 5.41) is 0. The van der Waals surface area contributed by atoms with Crippen LogP contribution in [0.15, 0.2) is 18.3 Å². The lowest BCUT2D eigenvalue weighted by Gasteiger charge is -2.14. The molecule has 0 fully saturated rings. The number of nitrogens with zero attached hydrogens (tertiary/aromatic N) is 1. The maximum atomic E-state index is 10.7. The molecule has 0 saturated heterocycles. The Bertz CT molecular complexity index is 254. The summed E-state index contributed by atoms with van der Waals surface area (Å²) in [5.74, 6) is 0.248. The summed E-state index contributed by atoms with van der Waals surface area (Å²) in [7, 11) is 2.02. The first-order valence-electron chi connectivity index (χ1n) is 4.48. The van der Waals surface area contributed by atoms with Gasteiger partial charge in [0, 0.05) is 31.4 Å². The Morgan fingerprint density at radius 1 is 1.62 bits per heavy atom. The summed E-state index contributed by atoms with van der Waals surface area (Å²) in [6, 6.07) is 4.03. The van der Waals surface area contributed by atoms with Gasteiger partial charge < -0.3 is 9.88 Å². The van der Waals surface area contributed by atoms with Gasteiger partial charge >= 0.3 is 0 Å². The van der Waals surface area contributed by atoms with Crippen LogP contribution in [0.25, 0.3) is 0 Å². The van der Waals surface area contributed by atoms with Crippen LogP contribution in [0.5, 0.6) is 0 Å². The van der Waals surface area contributed by atoms with E-state index in [0.29, 0.717) is 6.42 Å². The zero-order valence-electron chi connectivity index (χ0n) is 8.21. The molecule has 72 valence electrons. The predicted octanol–water partition coefficient (Wildman–Crippen LogP) is 1.43. The van der Waals surface area contributed by atoms with Gasteiger partial charge in [0.2, 0.25) is 0 Å². The van der Waals surface area contributed by atoms with E-state index in [1.54, 1.807) is 6.92 Å². The van der Waals surface area contributed by atoms with Gasteiger partial charge in [-0.1, -0.05) is 0 Å². The fourth-order valence-corrected chi connectivity index (χ4v) is 1.18. The molecule has 0 atom stereocenters. The van der Waals surface area contributed by atoms with Gasteiger partial charge in [0.15, 0.2) is 0 Å². The summed E-state index contributed by atoms with van der Waals surface area (Å²) in [6.45, 7) is 3.33. The average Bonchev–Trinajstić information content (AvgIpc) is 2.53. The summed E-state index contributed by atoms with van der Waals surface area (Å²) < 4.78 is 0. The number of nitrogens with one attached hydrogen (secondary N) is 1. The third kappa shape index (κ3) is 3.90. The van der Waals surface area contributed by atoms with E-state index in [1.165, 1.54) is 5.69 Å². The van der Waals surface area contributed by atoms with Crippen molar-refractivity contribution in [3.63, 3.8) is 0 Å². The third-order valence-electron chi connectivity index (χ3n) is 1.95. The van der Waals surface area contributed by atoms with Crippen molar-refractivity contribution in [2.75, 3.05) is 13.6 Å². The lowest BCUT2D eigenvalue weighted by molar-refractivity contribution is -0.117. The van der Waals surface area contributed by atoms with Gasteiger partial charge in [0.05, 0.1) is 0 Å². The van der Waals surface area contributed by atoms with Crippen LogP contribution in [0, 0.1) is 0 Å². The Morgan fingerprint density at radius 3 is 2.92 bits per heavy atom. The molecule has 3 nitrogen and oxygen atoms in total. The lowest BCUT2D eigenvalue weighted by atomic mass is 10.3. The maximum Gasteiger partial charge on any atom is 0.131 e. The molecule has 0 aliphatic heterocycles. The van der Waals surface area contributed by atoms with E-state index in [-0.39, 0.29) is 5.78 Å². The van der Waals surface area contributed by atoms with Gasteiger partial charge in [-0.2, -0.15) is 0 Å². The van der Waals surface area contributed by atoms with Crippen LogP contribution in [0.2, 0.25) is 0 Å². The number of H-pyrrole nitrogens is 1. The number of carbonyl (C=O) groups is 1. The fraction of sp³-hybridized carbons (Fsp3) is 0.500. The van der Waals surface area contributed by atoms with Crippen molar-refractivity contribution in [2.45, 2.75) is 19.9 Å². The van der Waals surface area contributed by atoms with Gasteiger partial charge in [0.25, 0.3) is 0 Å². The number of aromatic nitrogens is 1. The Hall–Kier alpha value is -1.09. The molecule has 0 aliphatic carbocycles. The minimum Gasteiger partial charge on any atom is -0.364 e. The van der Waals surface area contributed by atoms with E-state index in [4.69, 9.17) is 0 Å². The van der Waals surface area contributed by atoms with E-state index in [1.807, 2.05) is 25.4 Å². The number of Topliss-reactive ketones (excluding diaryl/α,β-unsaturated/α-hetero) is 1. The maximum absolute atomic E-state index is 10.7. The molecule has 0 aromatic carbocycles. The SMILES string of the molecule is CC(=O)CCN(C)Cc1ccc[nH]1. The molecule has 0 aliphatic rings. The van der Waals surface area contributed by atoms with Gasteiger partial charge in [-0.3, -0.25) is 4.79 Å². The second-order valence-corrected chi connectivity index (χ2v) is 3.39. The van der Waals surface area contributed by atoms with Crippen molar-refractivity contribution in [2.24, 2.45) is 0 Å². The first-order valence-corrected chi connectivity index (χ1v) is 4.48. The molecule has 1 aromatic heterocycles. The number of carbonyl (C=O) groups excluding carboxylic acids is 1. The summed E-state index contributed by atoms with van der Waals surface area (Å²) in [4.78, 5) is 16.0. The molecular formula is C10H16N2O. The van der Waals surface area contributed by atoms with Crippen LogP contribution in [0.4, 0.5) is 0 Å². The van der Waals surface area contributed by atoms with E-state index in [9.17, 15) is 4.79 Å². The molecule has 0 unspecified atom stereocenters. The zero-order chi connectivity index (χ0) is 9.68. The van der Waals surface area contributed by atoms with Crippen molar-refractivity contribution in [1.29, 1.82) is 0 Å². The van der Waals surface area contributed by atoms with Crippen molar-refractivity contribution < 1.29 is 4.79 Å². The normalized spacial score (nSPS) is 10.7. The number of rotatable bonds is 5. The fourth-order valence-electron chi connectivity index (χ4n) is 1.18. The summed E-state index contributed by atoms with van der Waals surface area (Å²) in [6.07, 6.45) is 2.55. The van der Waals surface area contributed by atoms with Gasteiger partial charge in [-0.25, -0.2) is 0 Å². The highest BCUT2D eigenvalue weighted by Crippen LogP contribution is 1.99. The smallest absolute Gasteiger partial charge is 0.131 e. The Kier molecular flexibility index (Phi) is 3.71. The molecular weight excluding hydrogens is 164 g/mol. The summed E-state index contributed by atoms with van der Waals surface area (Å²) >= 11 is 0. The van der Waals surface area contributed by atoms with E-state index >= 15 is 0 Å². The second kappa shape index (κ2) is 4.82. The highest BCUT2D eigenvalue weighted by molar-refractivity contribution is 5.75. The van der Waals surface area contributed by atoms with Crippen LogP contribution >= 0.6 is 0 Å². The van der Waals surface area contributed by atoms with Crippen LogP contribution in [0.3, 0.4) is 0 Å². The van der Waals surface area contributed by atoms with E-state index in [2.05, 4.69) is 9.88 Å². The van der Waals surface area contributed by atoms with Crippen molar-refractivity contribution in [1.82, 2.24) is 9.88 Å². The molecule has 0 amide bonds. The molecule has 1 heterocycles. The quantitative estimate of drug-likeness (QED) is 0.744. The lowest BCUT2D eigenvalue weighted by Crippen LogP contribution is -2.20. The van der Waals surface area contributed by atoms with Gasteiger partial charge in [0.1, 0.15) is 5.78 Å². The molecule has 13 heavy (non-hydrogen) atoms. The van der Waals surface area contributed by atoms with Crippen molar-refractivity contribution >= 4 is 5.78 Å². The summed E-state index contributed by atoms with van der Waals surface area (Å²) in [5.41, 5.74) is 1.19. The average molecular weight is 180 g/mol. The molecule has 0 spiro atoms. The van der Waals surface area contributed by atoms with E-state index in [0.717, 1.165) is 13.1 Å². The number of hydrogen-bond donors (Lipinski definition) is 1. The minimum absolute atomic E-state index is 0.248. The highest BCUT2D eigenvalue weighted by Gasteiger charge is 2.01. The number of ketones is 1. The third-order valence-corrected chi connectivity index (χ3v) is 1.95. The Balaban J connectivity index is 2.25. The molecule has 3 heteroatoms. The highest BCUT2D eigenvalue weighted by atomic mass is 16.1. The molecule has 0 radical (unpaired) electrons. The minimum atomic E-state index is 0.248. The Labute approximate surface area is 78.8 Å². The molecule has 1 N–H and O–H groups in total. The molecule has 1 rings (SSSR count). The van der Waals surface area contributed by atoms with Crippen LogP contribution in [-0.2, 0) is 11.3 Å². The second-order valence-electron chi connectivity index (χ2n) is 3.39. The van der Waals surface area contributed by atoms with Gasteiger partial charge in [-0.15, -0.1) is 0 Å². The van der Waals surface area contributed by atoms with Gasteiger partial charge in [-0.05, 0) is 26.1 Å². The largest absolute Gasteiger partial charge is 0.364 e.